The van der Waals surface area contributed by atoms with Crippen molar-refractivity contribution < 1.29 is 51.3 Å². The third-order valence-electron chi connectivity index (χ3n) is 5.92. The highest BCUT2D eigenvalue weighted by molar-refractivity contribution is 5.73. The number of alkyl halides is 6. The third kappa shape index (κ3) is 10.9. The lowest BCUT2D eigenvalue weighted by Crippen LogP contribution is -2.36. The van der Waals surface area contributed by atoms with Crippen LogP contribution in [0.4, 0.5) is 32.2 Å². The Bertz CT molecular complexity index is 1080. The Hall–Kier alpha value is -3.54. The molecule has 2 saturated heterocycles. The number of likely N-dealkylation sites (tertiary alicyclic amines) is 1. The smallest absolute Gasteiger partial charge is 0.475 e. The Morgan fingerprint density at radius 2 is 1.50 bits per heavy atom. The molecule has 18 heteroatoms. The molecule has 4 heterocycles. The predicted octanol–water partition coefficient (Wildman–Crippen LogP) is 2.13. The zero-order chi connectivity index (χ0) is 30.1. The van der Waals surface area contributed by atoms with Gasteiger partial charge in [-0.05, 0) is 32.1 Å². The van der Waals surface area contributed by atoms with Crippen LogP contribution in [0.2, 0.25) is 0 Å². The molecule has 0 bridgehead atoms. The van der Waals surface area contributed by atoms with E-state index in [0.717, 1.165) is 75.7 Å². The number of carboxylic acids is 2. The minimum Gasteiger partial charge on any atom is -0.475 e. The number of halogens is 6. The molecule has 12 nitrogen and oxygen atoms in total. The van der Waals surface area contributed by atoms with Crippen molar-refractivity contribution in [2.24, 2.45) is 5.92 Å². The number of nitrogens with zero attached hydrogens (tertiary/aromatic N) is 7. The van der Waals surface area contributed by atoms with E-state index in [0.29, 0.717) is 5.92 Å². The molecule has 224 valence electrons. The molecule has 0 saturated carbocycles. The number of carboxylic acid groups (broad SMARTS) is 2. The summed E-state index contributed by atoms with van der Waals surface area (Å²) in [6, 6.07) is 0. The van der Waals surface area contributed by atoms with Crippen LogP contribution in [-0.2, 0) is 22.7 Å². The Kier molecular flexibility index (Phi) is 11.6. The van der Waals surface area contributed by atoms with Gasteiger partial charge in [-0.2, -0.15) is 26.3 Å². The van der Waals surface area contributed by atoms with Crippen LogP contribution in [0.25, 0.3) is 0 Å². The van der Waals surface area contributed by atoms with Crippen LogP contribution in [0.5, 0.6) is 0 Å². The van der Waals surface area contributed by atoms with Gasteiger partial charge >= 0.3 is 24.3 Å². The van der Waals surface area contributed by atoms with Crippen LogP contribution >= 0.6 is 0 Å². The molecule has 0 aliphatic carbocycles. The van der Waals surface area contributed by atoms with Gasteiger partial charge in [0.2, 0.25) is 0 Å². The summed E-state index contributed by atoms with van der Waals surface area (Å²) in [7, 11) is 0. The number of aryl methyl sites for hydroxylation is 1. The number of aliphatic hydroxyl groups is 1. The quantitative estimate of drug-likeness (QED) is 0.442. The van der Waals surface area contributed by atoms with Crippen LogP contribution < -0.4 is 4.90 Å². The monoisotopic (exact) mass is 585 g/mol. The summed E-state index contributed by atoms with van der Waals surface area (Å²) in [5.41, 5.74) is 1.99. The van der Waals surface area contributed by atoms with Crippen LogP contribution in [0, 0.1) is 12.8 Å². The first-order valence-corrected chi connectivity index (χ1v) is 12.0. The first-order valence-electron chi connectivity index (χ1n) is 12.0. The summed E-state index contributed by atoms with van der Waals surface area (Å²) in [5, 5.41) is 32.5. The lowest BCUT2D eigenvalue weighted by atomic mass is 9.97. The molecule has 2 aliphatic rings. The predicted molar refractivity (Wildman–Crippen MR) is 125 cm³/mol. The van der Waals surface area contributed by atoms with Crippen molar-refractivity contribution >= 4 is 17.8 Å². The molecule has 0 spiro atoms. The number of anilines is 1. The molecule has 0 radical (unpaired) electrons. The van der Waals surface area contributed by atoms with Gasteiger partial charge in [-0.15, -0.1) is 5.10 Å². The van der Waals surface area contributed by atoms with E-state index in [1.54, 1.807) is 12.4 Å². The number of rotatable bonds is 5. The molecule has 0 amide bonds. The normalized spacial score (nSPS) is 18.4. The van der Waals surface area contributed by atoms with Gasteiger partial charge in [0.05, 0.1) is 17.5 Å². The molecular weight excluding hydrogens is 556 g/mol. The molecule has 40 heavy (non-hydrogen) atoms. The highest BCUT2D eigenvalue weighted by atomic mass is 19.4. The highest BCUT2D eigenvalue weighted by Crippen LogP contribution is 2.24. The first-order chi connectivity index (χ1) is 18.6. The van der Waals surface area contributed by atoms with Gasteiger partial charge in [0.25, 0.3) is 0 Å². The summed E-state index contributed by atoms with van der Waals surface area (Å²) in [6.45, 7) is 7.42. The minimum absolute atomic E-state index is 0.187. The molecule has 0 aromatic carbocycles. The fraction of sp³-hybridized carbons (Fsp3) is 0.636. The average Bonchev–Trinajstić information content (AvgIpc) is 3.48. The van der Waals surface area contributed by atoms with Gasteiger partial charge in [0.1, 0.15) is 5.82 Å². The molecule has 0 unspecified atom stereocenters. The maximum Gasteiger partial charge on any atom is 0.490 e. The minimum atomic E-state index is -5.08. The number of hydrogen-bond acceptors (Lipinski definition) is 9. The number of aromatic nitrogens is 5. The molecule has 2 fully saturated rings. The van der Waals surface area contributed by atoms with Gasteiger partial charge in [0, 0.05) is 57.9 Å². The van der Waals surface area contributed by atoms with Gasteiger partial charge in [-0.25, -0.2) is 14.6 Å². The number of piperidine rings is 1. The standard InChI is InChI=1S/C18H27N7O.2C2HF3O2/c1-14-18(20-6-5-19-14)24-8-2-15(3-9-24)10-25-12-16(21-22-25)11-23-7-4-17(26)13-23;2*3-2(4,5)1(6)7/h5-6,12,15,17,26H,2-4,7-11,13H2,1H3;2*(H,6,7)/t17-;;/m1../s1. The van der Waals surface area contributed by atoms with Crippen molar-refractivity contribution in [3.63, 3.8) is 0 Å². The van der Waals surface area contributed by atoms with Gasteiger partial charge in [-0.3, -0.25) is 14.6 Å². The van der Waals surface area contributed by atoms with Crippen molar-refractivity contribution in [1.29, 1.82) is 0 Å². The number of β-amino-alcohol motifs (C(OH)–C–C–N with tert-alkyl or cyclic N) is 1. The SMILES string of the molecule is Cc1nccnc1N1CCC(Cn2cc(CN3CC[C@@H](O)C3)nn2)CC1.O=C(O)C(F)(F)F.O=C(O)C(F)(F)F. The molecule has 4 rings (SSSR count). The highest BCUT2D eigenvalue weighted by Gasteiger charge is 2.38. The van der Waals surface area contributed by atoms with Crippen molar-refractivity contribution in [2.75, 3.05) is 31.1 Å². The second kappa shape index (κ2) is 14.2. The molecule has 3 N–H and O–H groups in total. The Morgan fingerprint density at radius 1 is 0.950 bits per heavy atom. The Morgan fingerprint density at radius 3 is 1.98 bits per heavy atom. The lowest BCUT2D eigenvalue weighted by Gasteiger charge is -2.33. The zero-order valence-electron chi connectivity index (χ0n) is 21.3. The molecular formula is C22H29F6N7O5. The fourth-order valence-electron chi connectivity index (χ4n) is 3.99. The maximum atomic E-state index is 10.6. The van der Waals surface area contributed by atoms with Crippen molar-refractivity contribution in [1.82, 2.24) is 29.9 Å². The summed E-state index contributed by atoms with van der Waals surface area (Å²) in [5.74, 6) is -3.88. The fourth-order valence-corrected chi connectivity index (χ4v) is 3.99. The van der Waals surface area contributed by atoms with Crippen LogP contribution in [0.15, 0.2) is 18.6 Å². The Labute approximate surface area is 224 Å². The molecule has 2 aromatic rings. The van der Waals surface area contributed by atoms with E-state index in [1.807, 2.05) is 11.6 Å². The van der Waals surface area contributed by atoms with Crippen molar-refractivity contribution in [3.05, 3.63) is 30.0 Å². The number of aliphatic hydroxyl groups excluding tert-OH is 1. The second-order valence-corrected chi connectivity index (χ2v) is 9.11. The van der Waals surface area contributed by atoms with Crippen LogP contribution in [-0.4, -0.2) is 102 Å². The summed E-state index contributed by atoms with van der Waals surface area (Å²) in [6.07, 6.45) is -1.66. The zero-order valence-corrected chi connectivity index (χ0v) is 21.3. The van der Waals surface area contributed by atoms with Crippen molar-refractivity contribution in [3.8, 4) is 0 Å². The van der Waals surface area contributed by atoms with E-state index >= 15 is 0 Å². The summed E-state index contributed by atoms with van der Waals surface area (Å²) in [4.78, 5) is 31.2. The largest absolute Gasteiger partial charge is 0.490 e. The van der Waals surface area contributed by atoms with Crippen LogP contribution in [0.3, 0.4) is 0 Å². The Balaban J connectivity index is 0.000000333. The van der Waals surface area contributed by atoms with E-state index in [9.17, 15) is 31.4 Å². The maximum absolute atomic E-state index is 10.6. The third-order valence-corrected chi connectivity index (χ3v) is 5.92. The molecule has 1 atom stereocenters. The number of hydrogen-bond donors (Lipinski definition) is 3. The number of carbonyl (C=O) groups is 2. The van der Waals surface area contributed by atoms with Crippen molar-refractivity contribution in [2.45, 2.75) is 57.7 Å². The van der Waals surface area contributed by atoms with Gasteiger partial charge in [-0.1, -0.05) is 5.21 Å². The summed E-state index contributed by atoms with van der Waals surface area (Å²) < 4.78 is 65.5. The van der Waals surface area contributed by atoms with Gasteiger partial charge < -0.3 is 20.2 Å². The van der Waals surface area contributed by atoms with Gasteiger partial charge in [0.15, 0.2) is 0 Å². The molecule has 2 aromatic heterocycles. The second-order valence-electron chi connectivity index (χ2n) is 9.11. The first kappa shape index (κ1) is 32.7. The summed E-state index contributed by atoms with van der Waals surface area (Å²) >= 11 is 0. The number of aliphatic carboxylic acids is 2. The lowest BCUT2D eigenvalue weighted by molar-refractivity contribution is -0.193. The van der Waals surface area contributed by atoms with E-state index in [-0.39, 0.29) is 6.10 Å². The topological polar surface area (TPSA) is 158 Å². The molecule has 2 aliphatic heterocycles. The van der Waals surface area contributed by atoms with E-state index in [2.05, 4.69) is 36.3 Å². The van der Waals surface area contributed by atoms with E-state index in [4.69, 9.17) is 19.8 Å². The van der Waals surface area contributed by atoms with E-state index < -0.39 is 24.3 Å². The average molecular weight is 586 g/mol. The van der Waals surface area contributed by atoms with E-state index in [1.165, 1.54) is 0 Å². The van der Waals surface area contributed by atoms with Crippen LogP contribution in [0.1, 0.15) is 30.7 Å².